The molecule has 0 fully saturated rings. The summed E-state index contributed by atoms with van der Waals surface area (Å²) >= 11 is 0. The van der Waals surface area contributed by atoms with Gasteiger partial charge in [-0.3, -0.25) is 0 Å². The number of pyridine rings is 1. The van der Waals surface area contributed by atoms with Gasteiger partial charge in [0, 0.05) is 12.5 Å². The van der Waals surface area contributed by atoms with Crippen LogP contribution in [0.15, 0.2) is 30.5 Å². The summed E-state index contributed by atoms with van der Waals surface area (Å²) in [4.78, 5) is 0. The first-order valence-electron chi connectivity index (χ1n) is 5.44. The highest BCUT2D eigenvalue weighted by Gasteiger charge is 2.30. The standard InChI is InChI=1S/C13H11NO3.H2O/c15-9-2-1-6-14-7-5-8-3-4-10(16)13(17)11(8)12(9)14;/h1-4,6,15-16H,5,7H2;1H2. The van der Waals surface area contributed by atoms with Crippen molar-refractivity contribution in [1.82, 2.24) is 0 Å². The van der Waals surface area contributed by atoms with E-state index in [1.165, 1.54) is 6.07 Å². The first kappa shape index (κ1) is 12.2. The molecule has 2 aromatic rings. The average molecular weight is 247 g/mol. The Morgan fingerprint density at radius 2 is 1.78 bits per heavy atom. The van der Waals surface area contributed by atoms with Crippen molar-refractivity contribution in [3.8, 4) is 28.5 Å². The van der Waals surface area contributed by atoms with Crippen LogP contribution in [-0.4, -0.2) is 20.8 Å². The Morgan fingerprint density at radius 1 is 1.00 bits per heavy atom. The van der Waals surface area contributed by atoms with Gasteiger partial charge < -0.3 is 20.8 Å². The molecule has 5 nitrogen and oxygen atoms in total. The highest BCUT2D eigenvalue weighted by atomic mass is 16.3. The minimum atomic E-state index is -0.169. The lowest BCUT2D eigenvalue weighted by atomic mass is 9.95. The summed E-state index contributed by atoms with van der Waals surface area (Å²) in [7, 11) is 0. The largest absolute Gasteiger partial charge is 0.870 e. The van der Waals surface area contributed by atoms with E-state index in [-0.39, 0.29) is 22.7 Å². The molecule has 1 aliphatic rings. The lowest BCUT2D eigenvalue weighted by Gasteiger charge is -2.16. The first-order chi connectivity index (χ1) is 8.18. The van der Waals surface area contributed by atoms with E-state index in [1.54, 1.807) is 18.2 Å². The van der Waals surface area contributed by atoms with E-state index in [1.807, 2.05) is 10.8 Å². The number of hydrogen-bond donors (Lipinski definition) is 3. The molecule has 1 aromatic heterocycles. The maximum absolute atomic E-state index is 9.94. The van der Waals surface area contributed by atoms with Gasteiger partial charge in [-0.1, -0.05) is 6.07 Å². The molecule has 0 saturated carbocycles. The third-order valence-electron chi connectivity index (χ3n) is 3.15. The number of aromatic nitrogens is 1. The molecule has 0 amide bonds. The molecule has 0 aliphatic carbocycles. The normalized spacial score (nSPS) is 12.2. The van der Waals surface area contributed by atoms with Crippen molar-refractivity contribution in [2.45, 2.75) is 13.0 Å². The second kappa shape index (κ2) is 4.19. The summed E-state index contributed by atoms with van der Waals surface area (Å²) in [6.45, 7) is 0.751. The fourth-order valence-corrected chi connectivity index (χ4v) is 2.33. The molecule has 3 rings (SSSR count). The minimum absolute atomic E-state index is 0. The Labute approximate surface area is 104 Å². The van der Waals surface area contributed by atoms with Gasteiger partial charge in [0.25, 0.3) is 5.69 Å². The van der Waals surface area contributed by atoms with Crippen LogP contribution in [-0.2, 0) is 13.0 Å². The maximum atomic E-state index is 9.94. The zero-order valence-corrected chi connectivity index (χ0v) is 9.54. The Bertz CT molecular complexity index is 610. The summed E-state index contributed by atoms with van der Waals surface area (Å²) in [6, 6.07) is 6.58. The third kappa shape index (κ3) is 1.56. The summed E-state index contributed by atoms with van der Waals surface area (Å²) < 4.78 is 1.87. The van der Waals surface area contributed by atoms with Gasteiger partial charge in [-0.2, -0.15) is 4.57 Å². The topological polar surface area (TPSA) is 94.6 Å². The molecule has 0 saturated heterocycles. The molecule has 4 N–H and O–H groups in total. The zero-order valence-electron chi connectivity index (χ0n) is 9.54. The monoisotopic (exact) mass is 247 g/mol. The van der Waals surface area contributed by atoms with Crippen molar-refractivity contribution in [1.29, 1.82) is 0 Å². The van der Waals surface area contributed by atoms with E-state index in [9.17, 15) is 15.3 Å². The van der Waals surface area contributed by atoms with Gasteiger partial charge in [0.1, 0.15) is 0 Å². The fourth-order valence-electron chi connectivity index (χ4n) is 2.33. The van der Waals surface area contributed by atoms with Crippen LogP contribution in [0.1, 0.15) is 5.56 Å². The first-order valence-corrected chi connectivity index (χ1v) is 5.44. The quantitative estimate of drug-likeness (QED) is 0.480. The van der Waals surface area contributed by atoms with E-state index in [0.717, 1.165) is 18.5 Å². The highest BCUT2D eigenvalue weighted by Crippen LogP contribution is 2.42. The molecular weight excluding hydrogens is 234 g/mol. The van der Waals surface area contributed by atoms with Gasteiger partial charge in [-0.25, -0.2) is 0 Å². The van der Waals surface area contributed by atoms with Crippen LogP contribution < -0.4 is 4.57 Å². The van der Waals surface area contributed by atoms with Crippen molar-refractivity contribution >= 4 is 0 Å². The predicted octanol–water partition coefficient (Wildman–Crippen LogP) is 1.14. The second-order valence-electron chi connectivity index (χ2n) is 4.15. The summed E-state index contributed by atoms with van der Waals surface area (Å²) in [5.74, 6) is -0.229. The molecule has 0 unspecified atom stereocenters. The Morgan fingerprint density at radius 3 is 2.56 bits per heavy atom. The van der Waals surface area contributed by atoms with Gasteiger partial charge in [-0.15, -0.1) is 0 Å². The van der Waals surface area contributed by atoms with Gasteiger partial charge in [0.2, 0.25) is 0 Å². The molecule has 18 heavy (non-hydrogen) atoms. The van der Waals surface area contributed by atoms with Gasteiger partial charge >= 0.3 is 0 Å². The molecule has 0 bridgehead atoms. The SMILES string of the molecule is Oc1ccc2c(c1O)-c1c(O)ccc[n+]1CC2.[OH-]. The van der Waals surface area contributed by atoms with Crippen LogP contribution in [0.3, 0.4) is 0 Å². The van der Waals surface area contributed by atoms with Crippen LogP contribution in [0.4, 0.5) is 0 Å². The number of nitrogens with zero attached hydrogens (tertiary/aromatic N) is 1. The average Bonchev–Trinajstić information content (AvgIpc) is 2.34. The molecule has 2 heterocycles. The molecule has 94 valence electrons. The van der Waals surface area contributed by atoms with E-state index in [4.69, 9.17) is 0 Å². The number of hydrogen-bond acceptors (Lipinski definition) is 4. The Balaban J connectivity index is 0.00000120. The van der Waals surface area contributed by atoms with Crippen molar-refractivity contribution < 1.29 is 25.4 Å². The van der Waals surface area contributed by atoms with Crippen LogP contribution in [0.25, 0.3) is 11.3 Å². The summed E-state index contributed by atoms with van der Waals surface area (Å²) in [5, 5.41) is 29.4. The number of aromatic hydroxyl groups is 3. The van der Waals surface area contributed by atoms with Crippen LogP contribution in [0.5, 0.6) is 17.2 Å². The maximum Gasteiger partial charge on any atom is 0.258 e. The van der Waals surface area contributed by atoms with Gasteiger partial charge in [0.05, 0.1) is 5.56 Å². The lowest BCUT2D eigenvalue weighted by molar-refractivity contribution is -0.687. The summed E-state index contributed by atoms with van der Waals surface area (Å²) in [6.07, 6.45) is 2.62. The molecular formula is C13H13NO4. The molecule has 5 heteroatoms. The zero-order chi connectivity index (χ0) is 12.0. The molecule has 0 spiro atoms. The second-order valence-corrected chi connectivity index (χ2v) is 4.15. The predicted molar refractivity (Wildman–Crippen MR) is 62.7 cm³/mol. The number of aryl methyl sites for hydroxylation is 2. The van der Waals surface area contributed by atoms with E-state index >= 15 is 0 Å². The Hall–Kier alpha value is -2.27. The van der Waals surface area contributed by atoms with Gasteiger partial charge in [-0.05, 0) is 17.7 Å². The number of phenolic OH excluding ortho intramolecular Hbond substituents is 2. The van der Waals surface area contributed by atoms with Crippen molar-refractivity contribution in [2.75, 3.05) is 0 Å². The van der Waals surface area contributed by atoms with E-state index in [0.29, 0.717) is 11.3 Å². The van der Waals surface area contributed by atoms with Crippen LogP contribution in [0, 0.1) is 0 Å². The molecule has 0 atom stereocenters. The summed E-state index contributed by atoms with van der Waals surface area (Å²) in [5.41, 5.74) is 2.01. The van der Waals surface area contributed by atoms with Crippen LogP contribution in [0.2, 0.25) is 0 Å². The Kier molecular flexibility index (Phi) is 2.84. The third-order valence-corrected chi connectivity index (χ3v) is 3.15. The number of fused-ring (bicyclic) bond motifs is 3. The minimum Gasteiger partial charge on any atom is -0.870 e. The number of phenols is 2. The van der Waals surface area contributed by atoms with E-state index in [2.05, 4.69) is 0 Å². The molecule has 0 radical (unpaired) electrons. The lowest BCUT2D eigenvalue weighted by Crippen LogP contribution is -2.39. The molecule has 1 aliphatic heterocycles. The van der Waals surface area contributed by atoms with Gasteiger partial charge in [0.15, 0.2) is 30.0 Å². The number of rotatable bonds is 0. The van der Waals surface area contributed by atoms with Crippen LogP contribution >= 0.6 is 0 Å². The van der Waals surface area contributed by atoms with Crippen molar-refractivity contribution in [3.63, 3.8) is 0 Å². The van der Waals surface area contributed by atoms with Crippen molar-refractivity contribution in [2.24, 2.45) is 0 Å². The smallest absolute Gasteiger partial charge is 0.258 e. The molecule has 1 aromatic carbocycles. The van der Waals surface area contributed by atoms with Crippen molar-refractivity contribution in [3.05, 3.63) is 36.0 Å². The highest BCUT2D eigenvalue weighted by molar-refractivity contribution is 5.76. The van der Waals surface area contributed by atoms with E-state index < -0.39 is 0 Å². The number of benzene rings is 1. The fraction of sp³-hybridized carbons (Fsp3) is 0.154.